The van der Waals surface area contributed by atoms with Gasteiger partial charge in [0.1, 0.15) is 5.82 Å². The number of nitrogens with one attached hydrogen (secondary N) is 1. The van der Waals surface area contributed by atoms with Crippen LogP contribution in [0.2, 0.25) is 0 Å². The quantitative estimate of drug-likeness (QED) is 0.916. The van der Waals surface area contributed by atoms with E-state index in [1.54, 1.807) is 12.1 Å². The molecule has 0 spiro atoms. The van der Waals surface area contributed by atoms with E-state index in [0.29, 0.717) is 12.6 Å². The number of ether oxygens (including phenoxy) is 1. The van der Waals surface area contributed by atoms with Crippen molar-refractivity contribution in [2.75, 3.05) is 18.0 Å². The molecule has 3 rings (SSSR count). The first kappa shape index (κ1) is 13.8. The van der Waals surface area contributed by atoms with Crippen LogP contribution in [0.3, 0.4) is 0 Å². The van der Waals surface area contributed by atoms with Crippen molar-refractivity contribution in [2.24, 2.45) is 0 Å². The van der Waals surface area contributed by atoms with Crippen LogP contribution in [-0.2, 0) is 11.3 Å². The standard InChI is InChI=1S/C16H23FN2O/c1-11-9-19(10-12(2)20-11)16-5-3-4-15(17)14(16)8-18-13-6-7-13/h3-5,11-13,18H,6-10H2,1-2H3. The molecule has 2 unspecified atom stereocenters. The predicted molar refractivity (Wildman–Crippen MR) is 78.5 cm³/mol. The molecule has 1 saturated carbocycles. The SMILES string of the molecule is CC1CN(c2cccc(F)c2CNC2CC2)CC(C)O1. The molecule has 1 aliphatic heterocycles. The molecule has 0 aromatic heterocycles. The van der Waals surface area contributed by atoms with Crippen LogP contribution in [0.15, 0.2) is 18.2 Å². The number of nitrogens with zero attached hydrogens (tertiary/aromatic N) is 1. The van der Waals surface area contributed by atoms with Crippen LogP contribution in [0.4, 0.5) is 10.1 Å². The Morgan fingerprint density at radius 1 is 1.25 bits per heavy atom. The van der Waals surface area contributed by atoms with Crippen molar-refractivity contribution < 1.29 is 9.13 Å². The lowest BCUT2D eigenvalue weighted by atomic mass is 10.1. The van der Waals surface area contributed by atoms with E-state index in [4.69, 9.17) is 4.74 Å². The first-order valence-corrected chi connectivity index (χ1v) is 7.54. The number of rotatable bonds is 4. The molecule has 1 saturated heterocycles. The maximum atomic E-state index is 14.2. The number of hydrogen-bond donors (Lipinski definition) is 1. The molecular weight excluding hydrogens is 255 g/mol. The van der Waals surface area contributed by atoms with Gasteiger partial charge in [-0.25, -0.2) is 4.39 Å². The monoisotopic (exact) mass is 278 g/mol. The van der Waals surface area contributed by atoms with E-state index in [2.05, 4.69) is 24.1 Å². The van der Waals surface area contributed by atoms with Crippen LogP contribution in [0.25, 0.3) is 0 Å². The molecule has 3 nitrogen and oxygen atoms in total. The highest BCUT2D eigenvalue weighted by atomic mass is 19.1. The normalized spacial score (nSPS) is 26.9. The van der Waals surface area contributed by atoms with E-state index in [9.17, 15) is 4.39 Å². The van der Waals surface area contributed by atoms with Gasteiger partial charge in [0.05, 0.1) is 12.2 Å². The molecule has 0 radical (unpaired) electrons. The van der Waals surface area contributed by atoms with Crippen molar-refractivity contribution in [3.63, 3.8) is 0 Å². The summed E-state index contributed by atoms with van der Waals surface area (Å²) in [6.07, 6.45) is 2.81. The number of morpholine rings is 1. The summed E-state index contributed by atoms with van der Waals surface area (Å²) in [6, 6.07) is 5.97. The van der Waals surface area contributed by atoms with Gasteiger partial charge >= 0.3 is 0 Å². The van der Waals surface area contributed by atoms with Crippen molar-refractivity contribution >= 4 is 5.69 Å². The minimum absolute atomic E-state index is 0.109. The van der Waals surface area contributed by atoms with Crippen molar-refractivity contribution in [2.45, 2.75) is 51.5 Å². The molecule has 2 fully saturated rings. The summed E-state index contributed by atoms with van der Waals surface area (Å²) in [5, 5.41) is 3.42. The van der Waals surface area contributed by atoms with Crippen molar-refractivity contribution in [1.82, 2.24) is 5.32 Å². The lowest BCUT2D eigenvalue weighted by Gasteiger charge is -2.38. The highest BCUT2D eigenvalue weighted by Crippen LogP contribution is 2.28. The Morgan fingerprint density at radius 2 is 1.95 bits per heavy atom. The third kappa shape index (κ3) is 3.13. The highest BCUT2D eigenvalue weighted by Gasteiger charge is 2.26. The molecule has 1 aliphatic carbocycles. The van der Waals surface area contributed by atoms with Gasteiger partial charge < -0.3 is 15.0 Å². The second-order valence-corrected chi connectivity index (χ2v) is 6.05. The maximum Gasteiger partial charge on any atom is 0.129 e. The average molecular weight is 278 g/mol. The summed E-state index contributed by atoms with van der Waals surface area (Å²) in [4.78, 5) is 2.26. The number of benzene rings is 1. The Balaban J connectivity index is 1.81. The van der Waals surface area contributed by atoms with Crippen molar-refractivity contribution in [1.29, 1.82) is 0 Å². The number of anilines is 1. The van der Waals surface area contributed by atoms with Gasteiger partial charge in [-0.2, -0.15) is 0 Å². The Labute approximate surface area is 120 Å². The fourth-order valence-corrected chi connectivity index (χ4v) is 2.93. The van der Waals surface area contributed by atoms with Gasteiger partial charge in [0, 0.05) is 36.9 Å². The van der Waals surface area contributed by atoms with Gasteiger partial charge in [0.2, 0.25) is 0 Å². The molecule has 2 aliphatic rings. The van der Waals surface area contributed by atoms with E-state index in [1.807, 2.05) is 6.07 Å². The Bertz CT molecular complexity index is 466. The molecule has 110 valence electrons. The lowest BCUT2D eigenvalue weighted by molar-refractivity contribution is -0.00528. The minimum Gasteiger partial charge on any atom is -0.372 e. The number of hydrogen-bond acceptors (Lipinski definition) is 3. The molecule has 2 atom stereocenters. The predicted octanol–water partition coefficient (Wildman–Crippen LogP) is 2.69. The molecule has 1 N–H and O–H groups in total. The first-order chi connectivity index (χ1) is 9.63. The van der Waals surface area contributed by atoms with Gasteiger partial charge in [0.15, 0.2) is 0 Å². The molecular formula is C16H23FN2O. The van der Waals surface area contributed by atoms with Gasteiger partial charge in [-0.15, -0.1) is 0 Å². The second kappa shape index (κ2) is 5.70. The molecule has 1 heterocycles. The highest BCUT2D eigenvalue weighted by molar-refractivity contribution is 5.54. The fraction of sp³-hybridized carbons (Fsp3) is 0.625. The lowest BCUT2D eigenvalue weighted by Crippen LogP contribution is -2.46. The van der Waals surface area contributed by atoms with Crippen LogP contribution in [0, 0.1) is 5.82 Å². The van der Waals surface area contributed by atoms with Crippen molar-refractivity contribution in [3.05, 3.63) is 29.6 Å². The molecule has 4 heteroatoms. The fourth-order valence-electron chi connectivity index (χ4n) is 2.93. The molecule has 1 aromatic carbocycles. The maximum absolute atomic E-state index is 14.2. The average Bonchev–Trinajstić information content (AvgIpc) is 3.20. The van der Waals surface area contributed by atoms with Gasteiger partial charge in [-0.1, -0.05) is 6.07 Å². The second-order valence-electron chi connectivity index (χ2n) is 6.05. The third-order valence-corrected chi connectivity index (χ3v) is 4.00. The topological polar surface area (TPSA) is 24.5 Å². The van der Waals surface area contributed by atoms with E-state index in [0.717, 1.165) is 24.3 Å². The van der Waals surface area contributed by atoms with Crippen LogP contribution < -0.4 is 10.2 Å². The Kier molecular flexibility index (Phi) is 3.94. The van der Waals surface area contributed by atoms with E-state index in [1.165, 1.54) is 12.8 Å². The zero-order chi connectivity index (χ0) is 14.1. The summed E-state index contributed by atoms with van der Waals surface area (Å²) < 4.78 is 19.9. The third-order valence-electron chi connectivity index (χ3n) is 4.00. The molecule has 0 bridgehead atoms. The van der Waals surface area contributed by atoms with Gasteiger partial charge in [-0.3, -0.25) is 0 Å². The van der Waals surface area contributed by atoms with E-state index >= 15 is 0 Å². The molecule has 0 amide bonds. The Morgan fingerprint density at radius 3 is 2.60 bits per heavy atom. The summed E-state index contributed by atoms with van der Waals surface area (Å²) >= 11 is 0. The summed E-state index contributed by atoms with van der Waals surface area (Å²) in [5.74, 6) is -0.109. The summed E-state index contributed by atoms with van der Waals surface area (Å²) in [7, 11) is 0. The smallest absolute Gasteiger partial charge is 0.129 e. The zero-order valence-corrected chi connectivity index (χ0v) is 12.2. The van der Waals surface area contributed by atoms with E-state index < -0.39 is 0 Å². The van der Waals surface area contributed by atoms with E-state index in [-0.39, 0.29) is 18.0 Å². The van der Waals surface area contributed by atoms with Gasteiger partial charge in [0.25, 0.3) is 0 Å². The van der Waals surface area contributed by atoms with Gasteiger partial charge in [-0.05, 0) is 38.8 Å². The summed E-state index contributed by atoms with van der Waals surface area (Å²) in [5.41, 5.74) is 1.81. The van der Waals surface area contributed by atoms with Crippen LogP contribution in [0.5, 0.6) is 0 Å². The first-order valence-electron chi connectivity index (χ1n) is 7.54. The van der Waals surface area contributed by atoms with Crippen LogP contribution in [0.1, 0.15) is 32.3 Å². The molecule has 1 aromatic rings. The zero-order valence-electron chi connectivity index (χ0n) is 12.2. The number of halogens is 1. The molecule has 20 heavy (non-hydrogen) atoms. The van der Waals surface area contributed by atoms with Crippen LogP contribution in [-0.4, -0.2) is 31.3 Å². The van der Waals surface area contributed by atoms with Crippen molar-refractivity contribution in [3.8, 4) is 0 Å². The largest absolute Gasteiger partial charge is 0.372 e. The van der Waals surface area contributed by atoms with Crippen LogP contribution >= 0.6 is 0 Å². The Hall–Kier alpha value is -1.13. The minimum atomic E-state index is -0.109. The summed E-state index contributed by atoms with van der Waals surface area (Å²) in [6.45, 7) is 6.41.